The molecule has 0 aromatic carbocycles. The Morgan fingerprint density at radius 2 is 1.12 bits per heavy atom. The summed E-state index contributed by atoms with van der Waals surface area (Å²) in [7, 11) is 0. The first-order valence-corrected chi connectivity index (χ1v) is 11.7. The third-order valence-electron chi connectivity index (χ3n) is 7.85. The third kappa shape index (κ3) is 5.96. The number of hydrogen-bond donors (Lipinski definition) is 2. The molecule has 0 heterocycles. The molecule has 2 atom stereocenters. The molecule has 2 nitrogen and oxygen atoms in total. The Labute approximate surface area is 156 Å². The highest BCUT2D eigenvalue weighted by Gasteiger charge is 2.34. The van der Waals surface area contributed by atoms with Crippen molar-refractivity contribution in [1.82, 2.24) is 0 Å². The molecule has 0 bridgehead atoms. The summed E-state index contributed by atoms with van der Waals surface area (Å²) in [5.41, 5.74) is 6.51. The van der Waals surface area contributed by atoms with E-state index in [-0.39, 0.29) is 12.1 Å². The minimum atomic E-state index is -0.268. The maximum absolute atomic E-state index is 11.0. The van der Waals surface area contributed by atoms with Crippen LogP contribution in [0.3, 0.4) is 0 Å². The van der Waals surface area contributed by atoms with E-state index in [9.17, 15) is 5.11 Å². The van der Waals surface area contributed by atoms with Crippen LogP contribution >= 0.6 is 0 Å². The van der Waals surface area contributed by atoms with E-state index in [0.717, 1.165) is 36.5 Å². The average Bonchev–Trinajstić information content (AvgIpc) is 2.68. The molecule has 3 fully saturated rings. The van der Waals surface area contributed by atoms with Crippen molar-refractivity contribution in [2.24, 2.45) is 29.4 Å². The van der Waals surface area contributed by atoms with Crippen LogP contribution in [0.15, 0.2) is 0 Å². The van der Waals surface area contributed by atoms with Gasteiger partial charge in [0.25, 0.3) is 0 Å². The number of hydrogen-bond acceptors (Lipinski definition) is 2. The molecule has 25 heavy (non-hydrogen) atoms. The molecule has 146 valence electrons. The standard InChI is InChI=1S/C23H43NO/c24-22(16-18-10-4-1-5-11-18)23(25)17-21(19-12-6-2-7-13-19)20-14-8-3-9-15-20/h18-23,25H,1-17,24H2/t22-,23-/m0/s1. The monoisotopic (exact) mass is 349 g/mol. The van der Waals surface area contributed by atoms with Crippen molar-refractivity contribution in [3.05, 3.63) is 0 Å². The van der Waals surface area contributed by atoms with E-state index < -0.39 is 0 Å². The molecule has 3 rings (SSSR count). The molecular weight excluding hydrogens is 306 g/mol. The molecular formula is C23H43NO. The van der Waals surface area contributed by atoms with E-state index >= 15 is 0 Å². The lowest BCUT2D eigenvalue weighted by molar-refractivity contribution is 0.0491. The van der Waals surface area contributed by atoms with Crippen LogP contribution < -0.4 is 5.73 Å². The second kappa shape index (κ2) is 10.3. The van der Waals surface area contributed by atoms with E-state index in [4.69, 9.17) is 5.73 Å². The fourth-order valence-corrected chi connectivity index (χ4v) is 6.31. The Bertz CT molecular complexity index is 335. The molecule has 0 spiro atoms. The minimum Gasteiger partial charge on any atom is -0.392 e. The molecule has 0 amide bonds. The molecule has 0 saturated heterocycles. The largest absolute Gasteiger partial charge is 0.392 e. The Kier molecular flexibility index (Phi) is 8.11. The molecule has 0 aromatic heterocycles. The summed E-state index contributed by atoms with van der Waals surface area (Å²) in [4.78, 5) is 0. The summed E-state index contributed by atoms with van der Waals surface area (Å²) in [5.74, 6) is 3.26. The van der Waals surface area contributed by atoms with Crippen LogP contribution in [-0.4, -0.2) is 17.3 Å². The normalized spacial score (nSPS) is 27.5. The molecule has 0 radical (unpaired) electrons. The maximum atomic E-state index is 11.0. The van der Waals surface area contributed by atoms with Crippen LogP contribution in [0.5, 0.6) is 0 Å². The zero-order valence-corrected chi connectivity index (χ0v) is 16.5. The van der Waals surface area contributed by atoms with Crippen molar-refractivity contribution in [3.63, 3.8) is 0 Å². The number of aliphatic hydroxyl groups excluding tert-OH is 1. The fourth-order valence-electron chi connectivity index (χ4n) is 6.31. The SMILES string of the molecule is N[C@@H](CC1CCCCC1)[C@@H](O)CC(C1CCCCC1)C1CCCCC1. The van der Waals surface area contributed by atoms with Gasteiger partial charge in [0.15, 0.2) is 0 Å². The number of rotatable bonds is 7. The summed E-state index contributed by atoms with van der Waals surface area (Å²) in [6.45, 7) is 0. The van der Waals surface area contributed by atoms with E-state index in [1.807, 2.05) is 0 Å². The molecule has 2 heteroatoms. The van der Waals surface area contributed by atoms with Gasteiger partial charge in [0.1, 0.15) is 0 Å². The van der Waals surface area contributed by atoms with Gasteiger partial charge in [0, 0.05) is 6.04 Å². The number of nitrogens with two attached hydrogens (primary N) is 1. The molecule has 3 aliphatic carbocycles. The summed E-state index contributed by atoms with van der Waals surface area (Å²) < 4.78 is 0. The van der Waals surface area contributed by atoms with Gasteiger partial charge >= 0.3 is 0 Å². The summed E-state index contributed by atoms with van der Waals surface area (Å²) in [6, 6.07) is 0.0118. The summed E-state index contributed by atoms with van der Waals surface area (Å²) in [6.07, 6.45) is 22.8. The van der Waals surface area contributed by atoms with Crippen LogP contribution in [0.1, 0.15) is 109 Å². The lowest BCUT2D eigenvalue weighted by atomic mass is 9.67. The topological polar surface area (TPSA) is 46.2 Å². The molecule has 3 saturated carbocycles. The van der Waals surface area contributed by atoms with Gasteiger partial charge in [-0.3, -0.25) is 0 Å². The van der Waals surface area contributed by atoms with Gasteiger partial charge in [-0.05, 0) is 36.5 Å². The van der Waals surface area contributed by atoms with Gasteiger partial charge in [-0.1, -0.05) is 96.3 Å². The Morgan fingerprint density at radius 3 is 1.60 bits per heavy atom. The van der Waals surface area contributed by atoms with E-state index in [1.54, 1.807) is 0 Å². The summed E-state index contributed by atoms with van der Waals surface area (Å²) >= 11 is 0. The van der Waals surface area contributed by atoms with Gasteiger partial charge in [0.2, 0.25) is 0 Å². The lowest BCUT2D eigenvalue weighted by Gasteiger charge is -2.40. The van der Waals surface area contributed by atoms with Crippen molar-refractivity contribution in [2.75, 3.05) is 0 Å². The van der Waals surface area contributed by atoms with Crippen LogP contribution in [0.25, 0.3) is 0 Å². The predicted octanol–water partition coefficient (Wildman–Crippen LogP) is 5.81. The van der Waals surface area contributed by atoms with Crippen molar-refractivity contribution >= 4 is 0 Å². The molecule has 0 unspecified atom stereocenters. The molecule has 0 aromatic rings. The van der Waals surface area contributed by atoms with Crippen molar-refractivity contribution < 1.29 is 5.11 Å². The Hall–Kier alpha value is -0.0800. The van der Waals surface area contributed by atoms with Crippen LogP contribution in [0.4, 0.5) is 0 Å². The second-order valence-corrected chi connectivity index (χ2v) is 9.67. The first-order chi connectivity index (χ1) is 12.2. The van der Waals surface area contributed by atoms with Crippen molar-refractivity contribution in [2.45, 2.75) is 121 Å². The first kappa shape index (κ1) is 19.7. The van der Waals surface area contributed by atoms with Crippen LogP contribution in [0, 0.1) is 23.7 Å². The fraction of sp³-hybridized carbons (Fsp3) is 1.00. The highest BCUT2D eigenvalue weighted by atomic mass is 16.3. The van der Waals surface area contributed by atoms with Gasteiger partial charge in [-0.25, -0.2) is 0 Å². The lowest BCUT2D eigenvalue weighted by Crippen LogP contribution is -2.40. The minimum absolute atomic E-state index is 0.0118. The van der Waals surface area contributed by atoms with E-state index in [0.29, 0.717) is 0 Å². The molecule has 3 N–H and O–H groups in total. The van der Waals surface area contributed by atoms with E-state index in [1.165, 1.54) is 96.3 Å². The second-order valence-electron chi connectivity index (χ2n) is 9.67. The molecule has 3 aliphatic rings. The zero-order valence-electron chi connectivity index (χ0n) is 16.5. The van der Waals surface area contributed by atoms with Gasteiger partial charge in [-0.15, -0.1) is 0 Å². The highest BCUT2D eigenvalue weighted by Crippen LogP contribution is 2.42. The first-order valence-electron chi connectivity index (χ1n) is 11.7. The van der Waals surface area contributed by atoms with Crippen molar-refractivity contribution in [1.29, 1.82) is 0 Å². The quantitative estimate of drug-likeness (QED) is 0.609. The van der Waals surface area contributed by atoms with Gasteiger partial charge in [-0.2, -0.15) is 0 Å². The molecule has 0 aliphatic heterocycles. The average molecular weight is 350 g/mol. The van der Waals surface area contributed by atoms with Gasteiger partial charge in [0.05, 0.1) is 6.10 Å². The Morgan fingerprint density at radius 1 is 0.680 bits per heavy atom. The summed E-state index contributed by atoms with van der Waals surface area (Å²) in [5, 5.41) is 11.0. The number of aliphatic hydroxyl groups is 1. The zero-order chi connectivity index (χ0) is 17.5. The van der Waals surface area contributed by atoms with E-state index in [2.05, 4.69) is 0 Å². The third-order valence-corrected chi connectivity index (χ3v) is 7.85. The highest BCUT2D eigenvalue weighted by molar-refractivity contribution is 4.86. The van der Waals surface area contributed by atoms with Crippen LogP contribution in [0.2, 0.25) is 0 Å². The van der Waals surface area contributed by atoms with Crippen molar-refractivity contribution in [3.8, 4) is 0 Å². The Balaban J connectivity index is 1.55. The van der Waals surface area contributed by atoms with Gasteiger partial charge < -0.3 is 10.8 Å². The predicted molar refractivity (Wildman–Crippen MR) is 106 cm³/mol. The maximum Gasteiger partial charge on any atom is 0.0694 e. The van der Waals surface area contributed by atoms with Crippen LogP contribution in [-0.2, 0) is 0 Å². The smallest absolute Gasteiger partial charge is 0.0694 e.